The van der Waals surface area contributed by atoms with Gasteiger partial charge in [-0.15, -0.1) is 0 Å². The average molecular weight is 213 g/mol. The zero-order valence-electron chi connectivity index (χ0n) is 9.40. The minimum atomic E-state index is -0.417. The molecule has 0 saturated carbocycles. The molecule has 0 radical (unpaired) electrons. The van der Waals surface area contributed by atoms with Crippen LogP contribution in [0.2, 0.25) is 0 Å². The lowest BCUT2D eigenvalue weighted by molar-refractivity contribution is -0.140. The van der Waals surface area contributed by atoms with Gasteiger partial charge >= 0.3 is 0 Å². The maximum atomic E-state index is 12.1. The predicted octanol–water partition coefficient (Wildman–Crippen LogP) is 0.395. The molecule has 86 valence electrons. The maximum absolute atomic E-state index is 12.1. The van der Waals surface area contributed by atoms with E-state index in [1.165, 1.54) is 0 Å². The highest BCUT2D eigenvalue weighted by molar-refractivity contribution is 5.80. The molecule has 2 heterocycles. The molecule has 1 N–H and O–H groups in total. The van der Waals surface area contributed by atoms with E-state index in [2.05, 4.69) is 0 Å². The molecule has 0 aromatic carbocycles. The summed E-state index contributed by atoms with van der Waals surface area (Å²) in [5, 5.41) is 9.79. The van der Waals surface area contributed by atoms with Crippen molar-refractivity contribution in [2.45, 2.75) is 38.3 Å². The summed E-state index contributed by atoms with van der Waals surface area (Å²) >= 11 is 0. The zero-order valence-corrected chi connectivity index (χ0v) is 9.40. The number of hydrogen-bond donors (Lipinski definition) is 1. The lowest BCUT2D eigenvalue weighted by Gasteiger charge is -2.35. The Labute approximate surface area is 90.2 Å². The fourth-order valence-electron chi connectivity index (χ4n) is 2.42. The molecule has 1 amide bonds. The summed E-state index contributed by atoms with van der Waals surface area (Å²) in [7, 11) is 0. The first kappa shape index (κ1) is 10.9. The summed E-state index contributed by atoms with van der Waals surface area (Å²) < 4.78 is 5.22. The Morgan fingerprint density at radius 1 is 1.47 bits per heavy atom. The molecule has 2 fully saturated rings. The van der Waals surface area contributed by atoms with Gasteiger partial charge in [-0.2, -0.15) is 0 Å². The van der Waals surface area contributed by atoms with Crippen LogP contribution in [0.15, 0.2) is 0 Å². The first-order valence-electron chi connectivity index (χ1n) is 5.61. The van der Waals surface area contributed by atoms with E-state index in [0.717, 1.165) is 6.42 Å². The number of aliphatic hydroxyl groups excluding tert-OH is 1. The van der Waals surface area contributed by atoms with Gasteiger partial charge in [-0.25, -0.2) is 0 Å². The van der Waals surface area contributed by atoms with Crippen molar-refractivity contribution in [2.75, 3.05) is 19.8 Å². The van der Waals surface area contributed by atoms with Crippen LogP contribution in [0.4, 0.5) is 0 Å². The summed E-state index contributed by atoms with van der Waals surface area (Å²) in [6.07, 6.45) is 1.11. The summed E-state index contributed by atoms with van der Waals surface area (Å²) in [6, 6.07) is 0. The van der Waals surface area contributed by atoms with Crippen LogP contribution in [0.1, 0.15) is 26.7 Å². The van der Waals surface area contributed by atoms with Crippen molar-refractivity contribution < 1.29 is 14.6 Å². The van der Waals surface area contributed by atoms with Gasteiger partial charge < -0.3 is 14.7 Å². The van der Waals surface area contributed by atoms with Crippen molar-refractivity contribution >= 4 is 5.91 Å². The van der Waals surface area contributed by atoms with E-state index < -0.39 is 11.6 Å². The van der Waals surface area contributed by atoms with Crippen LogP contribution in [0, 0.1) is 5.92 Å². The van der Waals surface area contributed by atoms with Crippen molar-refractivity contribution in [3.8, 4) is 0 Å². The molecule has 2 unspecified atom stereocenters. The molecule has 2 atom stereocenters. The lowest BCUT2D eigenvalue weighted by Crippen LogP contribution is -2.50. The number of likely N-dealkylation sites (tertiary alicyclic amines) is 1. The number of hydrogen-bond acceptors (Lipinski definition) is 3. The Balaban J connectivity index is 2.07. The van der Waals surface area contributed by atoms with Crippen LogP contribution in [0.5, 0.6) is 0 Å². The van der Waals surface area contributed by atoms with E-state index in [9.17, 15) is 9.90 Å². The van der Waals surface area contributed by atoms with Crippen LogP contribution in [0.25, 0.3) is 0 Å². The van der Waals surface area contributed by atoms with E-state index >= 15 is 0 Å². The van der Waals surface area contributed by atoms with E-state index in [1.54, 1.807) is 0 Å². The van der Waals surface area contributed by atoms with Crippen LogP contribution in [-0.4, -0.2) is 47.3 Å². The number of aliphatic hydroxyl groups is 1. The lowest BCUT2D eigenvalue weighted by atomic mass is 9.97. The number of amides is 1. The number of rotatable bonds is 1. The zero-order chi connectivity index (χ0) is 11.1. The molecule has 0 spiro atoms. The Morgan fingerprint density at radius 3 is 2.67 bits per heavy atom. The molecule has 0 aliphatic carbocycles. The normalized spacial score (nSPS) is 34.7. The topological polar surface area (TPSA) is 49.8 Å². The average Bonchev–Trinajstić information content (AvgIpc) is 2.76. The van der Waals surface area contributed by atoms with E-state index in [0.29, 0.717) is 26.2 Å². The third-order valence-electron chi connectivity index (χ3n) is 3.68. The van der Waals surface area contributed by atoms with Gasteiger partial charge in [-0.05, 0) is 26.7 Å². The van der Waals surface area contributed by atoms with Crippen LogP contribution in [0.3, 0.4) is 0 Å². The van der Waals surface area contributed by atoms with Crippen molar-refractivity contribution in [1.82, 2.24) is 4.90 Å². The summed E-state index contributed by atoms with van der Waals surface area (Å²) in [6.45, 7) is 5.76. The third kappa shape index (κ3) is 1.76. The molecule has 15 heavy (non-hydrogen) atoms. The van der Waals surface area contributed by atoms with Crippen molar-refractivity contribution in [3.63, 3.8) is 0 Å². The monoisotopic (exact) mass is 213 g/mol. The second-order valence-electron chi connectivity index (χ2n) is 5.01. The fourth-order valence-corrected chi connectivity index (χ4v) is 2.42. The minimum absolute atomic E-state index is 0.00887. The highest BCUT2D eigenvalue weighted by atomic mass is 16.5. The molecular weight excluding hydrogens is 194 g/mol. The molecule has 4 heteroatoms. The van der Waals surface area contributed by atoms with Crippen molar-refractivity contribution in [3.05, 3.63) is 0 Å². The van der Waals surface area contributed by atoms with E-state index in [4.69, 9.17) is 4.74 Å². The highest BCUT2D eigenvalue weighted by Crippen LogP contribution is 2.31. The second-order valence-corrected chi connectivity index (χ2v) is 5.01. The fraction of sp³-hybridized carbons (Fsp3) is 0.909. The van der Waals surface area contributed by atoms with Gasteiger partial charge in [0, 0.05) is 13.2 Å². The quantitative estimate of drug-likeness (QED) is 0.685. The van der Waals surface area contributed by atoms with E-state index in [-0.39, 0.29) is 11.8 Å². The largest absolute Gasteiger partial charge is 0.391 e. The maximum Gasteiger partial charge on any atom is 0.228 e. The second kappa shape index (κ2) is 3.76. The van der Waals surface area contributed by atoms with Gasteiger partial charge in [0.05, 0.1) is 24.2 Å². The standard InChI is InChI=1S/C11H19NO3/c1-11(2)9(13)3-5-12(11)10(14)8-4-6-15-7-8/h8-9,13H,3-7H2,1-2H3. The SMILES string of the molecule is CC1(C)C(O)CCN1C(=O)C1CCOC1. The number of carbonyl (C=O) groups is 1. The van der Waals surface area contributed by atoms with Crippen molar-refractivity contribution in [1.29, 1.82) is 0 Å². The van der Waals surface area contributed by atoms with Gasteiger partial charge in [-0.3, -0.25) is 4.79 Å². The molecule has 2 saturated heterocycles. The first-order chi connectivity index (χ1) is 7.03. The molecule has 2 aliphatic rings. The summed E-state index contributed by atoms with van der Waals surface area (Å²) in [4.78, 5) is 14.0. The molecule has 2 aliphatic heterocycles. The molecule has 0 aromatic heterocycles. The highest BCUT2D eigenvalue weighted by Gasteiger charge is 2.44. The molecule has 2 rings (SSSR count). The summed E-state index contributed by atoms with van der Waals surface area (Å²) in [5.41, 5.74) is -0.417. The molecular formula is C11H19NO3. The first-order valence-corrected chi connectivity index (χ1v) is 5.61. The molecule has 0 aromatic rings. The number of nitrogens with zero attached hydrogens (tertiary/aromatic N) is 1. The van der Waals surface area contributed by atoms with Gasteiger partial charge in [0.1, 0.15) is 0 Å². The van der Waals surface area contributed by atoms with Crippen molar-refractivity contribution in [2.24, 2.45) is 5.92 Å². The third-order valence-corrected chi connectivity index (χ3v) is 3.68. The van der Waals surface area contributed by atoms with Crippen LogP contribution < -0.4 is 0 Å². The van der Waals surface area contributed by atoms with E-state index in [1.807, 2.05) is 18.7 Å². The minimum Gasteiger partial charge on any atom is -0.391 e. The number of ether oxygens (including phenoxy) is 1. The van der Waals surface area contributed by atoms with Gasteiger partial charge in [0.2, 0.25) is 5.91 Å². The van der Waals surface area contributed by atoms with Crippen LogP contribution >= 0.6 is 0 Å². The van der Waals surface area contributed by atoms with Gasteiger partial charge in [0.15, 0.2) is 0 Å². The Hall–Kier alpha value is -0.610. The summed E-state index contributed by atoms with van der Waals surface area (Å²) in [5.74, 6) is 0.156. The number of carbonyl (C=O) groups excluding carboxylic acids is 1. The Kier molecular flexibility index (Phi) is 2.73. The van der Waals surface area contributed by atoms with Crippen LogP contribution in [-0.2, 0) is 9.53 Å². The van der Waals surface area contributed by atoms with Gasteiger partial charge in [0.25, 0.3) is 0 Å². The Morgan fingerprint density at radius 2 is 2.20 bits per heavy atom. The predicted molar refractivity (Wildman–Crippen MR) is 55.3 cm³/mol. The van der Waals surface area contributed by atoms with Gasteiger partial charge in [-0.1, -0.05) is 0 Å². The molecule has 4 nitrogen and oxygen atoms in total. The smallest absolute Gasteiger partial charge is 0.228 e. The molecule has 0 bridgehead atoms. The Bertz CT molecular complexity index is 259.